The monoisotopic (exact) mass is 432 g/mol. The quantitative estimate of drug-likeness (QED) is 0.546. The van der Waals surface area contributed by atoms with E-state index in [9.17, 15) is 0 Å². The van der Waals surface area contributed by atoms with Gasteiger partial charge in [-0.2, -0.15) is 0 Å². The molecule has 2 rings (SSSR count). The molecule has 5 heteroatoms. The third kappa shape index (κ3) is 4.15. The van der Waals surface area contributed by atoms with Crippen LogP contribution in [0.1, 0.15) is 16.7 Å². The Labute approximate surface area is 146 Å². The molecule has 0 atom stereocenters. The minimum Gasteiger partial charge on any atom is -0.496 e. The molecule has 0 fully saturated rings. The van der Waals surface area contributed by atoms with Gasteiger partial charge in [0.2, 0.25) is 0 Å². The highest BCUT2D eigenvalue weighted by Gasteiger charge is 2.11. The Morgan fingerprint density at radius 3 is 2.57 bits per heavy atom. The average Bonchev–Trinajstić information content (AvgIpc) is 2.45. The van der Waals surface area contributed by atoms with Crippen LogP contribution < -0.4 is 9.47 Å². The molecule has 0 aliphatic heterocycles. The molecule has 0 aliphatic rings. The van der Waals surface area contributed by atoms with Crippen LogP contribution in [-0.4, -0.2) is 7.11 Å². The predicted octanol–water partition coefficient (Wildman–Crippen LogP) is 5.89. The highest BCUT2D eigenvalue weighted by molar-refractivity contribution is 9.10. The zero-order valence-corrected chi connectivity index (χ0v) is 15.7. The molecule has 21 heavy (non-hydrogen) atoms. The van der Waals surface area contributed by atoms with E-state index in [0.29, 0.717) is 11.6 Å². The van der Waals surface area contributed by atoms with E-state index in [4.69, 9.17) is 21.1 Å². The molecule has 0 saturated heterocycles. The van der Waals surface area contributed by atoms with Gasteiger partial charge in [-0.25, -0.2) is 0 Å². The van der Waals surface area contributed by atoms with Gasteiger partial charge < -0.3 is 9.47 Å². The van der Waals surface area contributed by atoms with Crippen LogP contribution in [0.5, 0.6) is 11.5 Å². The van der Waals surface area contributed by atoms with Crippen molar-refractivity contribution in [2.45, 2.75) is 18.9 Å². The van der Waals surface area contributed by atoms with Gasteiger partial charge in [-0.1, -0.05) is 43.5 Å². The van der Waals surface area contributed by atoms with Gasteiger partial charge in [0.25, 0.3) is 0 Å². The molecule has 0 aliphatic carbocycles. The summed E-state index contributed by atoms with van der Waals surface area (Å²) in [6.07, 6.45) is 0. The third-order valence-corrected chi connectivity index (χ3v) is 4.37. The van der Waals surface area contributed by atoms with Gasteiger partial charge in [-0.15, -0.1) is 0 Å². The molecule has 0 spiro atoms. The number of ether oxygens (including phenoxy) is 2. The normalized spacial score (nSPS) is 10.5. The molecule has 0 bridgehead atoms. The summed E-state index contributed by atoms with van der Waals surface area (Å²) in [4.78, 5) is 0. The van der Waals surface area contributed by atoms with Crippen LogP contribution in [-0.2, 0) is 11.9 Å². The first-order valence-corrected chi connectivity index (χ1v) is 8.64. The van der Waals surface area contributed by atoms with Gasteiger partial charge in [0.05, 0.1) is 7.11 Å². The Kier molecular flexibility index (Phi) is 5.97. The van der Waals surface area contributed by atoms with Crippen molar-refractivity contribution >= 4 is 43.5 Å². The van der Waals surface area contributed by atoms with Crippen molar-refractivity contribution in [2.75, 3.05) is 7.11 Å². The van der Waals surface area contributed by atoms with Gasteiger partial charge in [-0.05, 0) is 42.8 Å². The van der Waals surface area contributed by atoms with E-state index in [1.54, 1.807) is 13.2 Å². The molecule has 0 unspecified atom stereocenters. The van der Waals surface area contributed by atoms with E-state index >= 15 is 0 Å². The zero-order valence-electron chi connectivity index (χ0n) is 11.8. The Bertz CT molecular complexity index is 644. The first kappa shape index (κ1) is 16.7. The van der Waals surface area contributed by atoms with Crippen LogP contribution in [0.3, 0.4) is 0 Å². The Hall–Kier alpha value is -0.710. The SMILES string of the molecule is COc1ccc(Cl)cc1COc1c(C)cc(Br)cc1CBr. The van der Waals surface area contributed by atoms with E-state index in [-0.39, 0.29) is 0 Å². The number of aryl methyl sites for hydroxylation is 1. The highest BCUT2D eigenvalue weighted by atomic mass is 79.9. The molecular formula is C16H15Br2ClO2. The van der Waals surface area contributed by atoms with E-state index < -0.39 is 0 Å². The van der Waals surface area contributed by atoms with Crippen molar-refractivity contribution in [3.63, 3.8) is 0 Å². The van der Waals surface area contributed by atoms with Crippen LogP contribution in [0.15, 0.2) is 34.8 Å². The van der Waals surface area contributed by atoms with Gasteiger partial charge in [-0.3, -0.25) is 0 Å². The summed E-state index contributed by atoms with van der Waals surface area (Å²) in [6.45, 7) is 2.44. The smallest absolute Gasteiger partial charge is 0.126 e. The molecule has 2 nitrogen and oxygen atoms in total. The van der Waals surface area contributed by atoms with Crippen LogP contribution in [0.4, 0.5) is 0 Å². The van der Waals surface area contributed by atoms with Gasteiger partial charge in [0, 0.05) is 26.0 Å². The summed E-state index contributed by atoms with van der Waals surface area (Å²) in [7, 11) is 1.64. The van der Waals surface area contributed by atoms with Crippen molar-refractivity contribution in [3.05, 3.63) is 56.5 Å². The second-order valence-electron chi connectivity index (χ2n) is 4.59. The maximum absolute atomic E-state index is 6.04. The highest BCUT2D eigenvalue weighted by Crippen LogP contribution is 2.31. The summed E-state index contributed by atoms with van der Waals surface area (Å²) in [5.74, 6) is 1.66. The summed E-state index contributed by atoms with van der Waals surface area (Å²) in [6, 6.07) is 9.60. The van der Waals surface area contributed by atoms with Crippen molar-refractivity contribution in [1.29, 1.82) is 0 Å². The number of alkyl halides is 1. The first-order valence-electron chi connectivity index (χ1n) is 6.35. The molecule has 2 aromatic rings. The zero-order chi connectivity index (χ0) is 15.4. The number of rotatable bonds is 5. The average molecular weight is 435 g/mol. The standard InChI is InChI=1S/C16H15Br2ClO2/c1-10-5-13(18)6-11(8-17)16(10)21-9-12-7-14(19)3-4-15(12)20-2/h3-7H,8-9H2,1-2H3. The minimum absolute atomic E-state index is 0.409. The molecule has 0 aromatic heterocycles. The molecule has 2 aromatic carbocycles. The fraction of sp³-hybridized carbons (Fsp3) is 0.250. The fourth-order valence-corrected chi connectivity index (χ4v) is 3.35. The Balaban J connectivity index is 2.26. The summed E-state index contributed by atoms with van der Waals surface area (Å²) in [5, 5.41) is 1.40. The van der Waals surface area contributed by atoms with E-state index in [1.807, 2.05) is 31.2 Å². The lowest BCUT2D eigenvalue weighted by molar-refractivity contribution is 0.292. The summed E-state index contributed by atoms with van der Waals surface area (Å²) >= 11 is 13.0. The molecule has 0 heterocycles. The number of methoxy groups -OCH3 is 1. The number of hydrogen-bond acceptors (Lipinski definition) is 2. The van der Waals surface area contributed by atoms with Crippen molar-refractivity contribution in [2.24, 2.45) is 0 Å². The predicted molar refractivity (Wildman–Crippen MR) is 93.8 cm³/mol. The third-order valence-electron chi connectivity index (χ3n) is 3.07. The topological polar surface area (TPSA) is 18.5 Å². The largest absolute Gasteiger partial charge is 0.496 e. The van der Waals surface area contributed by atoms with Crippen LogP contribution in [0.2, 0.25) is 5.02 Å². The maximum atomic E-state index is 6.04. The summed E-state index contributed by atoms with van der Waals surface area (Å²) in [5.41, 5.74) is 3.11. The molecule has 112 valence electrons. The lowest BCUT2D eigenvalue weighted by Gasteiger charge is -2.15. The Morgan fingerprint density at radius 2 is 1.90 bits per heavy atom. The first-order chi connectivity index (χ1) is 10.0. The Morgan fingerprint density at radius 1 is 1.14 bits per heavy atom. The number of hydrogen-bond donors (Lipinski definition) is 0. The van der Waals surface area contributed by atoms with Gasteiger partial charge in [0.1, 0.15) is 18.1 Å². The van der Waals surface area contributed by atoms with Crippen molar-refractivity contribution in [3.8, 4) is 11.5 Å². The number of halogens is 3. The van der Waals surface area contributed by atoms with E-state index in [2.05, 4.69) is 31.9 Å². The minimum atomic E-state index is 0.409. The maximum Gasteiger partial charge on any atom is 0.126 e. The van der Waals surface area contributed by atoms with Crippen LogP contribution in [0.25, 0.3) is 0 Å². The lowest BCUT2D eigenvalue weighted by Crippen LogP contribution is -2.02. The van der Waals surface area contributed by atoms with Crippen LogP contribution >= 0.6 is 43.5 Å². The fourth-order valence-electron chi connectivity index (χ4n) is 2.11. The van der Waals surface area contributed by atoms with Gasteiger partial charge >= 0.3 is 0 Å². The second kappa shape index (κ2) is 7.52. The molecule has 0 N–H and O–H groups in total. The number of benzene rings is 2. The molecule has 0 saturated carbocycles. The lowest BCUT2D eigenvalue weighted by atomic mass is 10.1. The van der Waals surface area contributed by atoms with Crippen molar-refractivity contribution < 1.29 is 9.47 Å². The van der Waals surface area contributed by atoms with Gasteiger partial charge in [0.15, 0.2) is 0 Å². The molecule has 0 radical (unpaired) electrons. The molecular weight excluding hydrogens is 419 g/mol. The van der Waals surface area contributed by atoms with Crippen LogP contribution in [0, 0.1) is 6.92 Å². The van der Waals surface area contributed by atoms with E-state index in [0.717, 1.165) is 38.0 Å². The second-order valence-corrected chi connectivity index (χ2v) is 6.50. The summed E-state index contributed by atoms with van der Waals surface area (Å²) < 4.78 is 12.4. The van der Waals surface area contributed by atoms with E-state index in [1.165, 1.54) is 0 Å². The van der Waals surface area contributed by atoms with Crippen molar-refractivity contribution in [1.82, 2.24) is 0 Å². The molecule has 0 amide bonds.